The van der Waals surface area contributed by atoms with Crippen LogP contribution in [0.1, 0.15) is 11.5 Å². The highest BCUT2D eigenvalue weighted by molar-refractivity contribution is 8.18. The molecule has 1 aliphatic heterocycles. The van der Waals surface area contributed by atoms with Crippen molar-refractivity contribution >= 4 is 40.6 Å². The van der Waals surface area contributed by atoms with Crippen LogP contribution in [0.25, 0.3) is 6.08 Å². The predicted molar refractivity (Wildman–Crippen MR) is 91.2 cm³/mol. The van der Waals surface area contributed by atoms with Crippen molar-refractivity contribution < 1.29 is 23.2 Å². The Morgan fingerprint density at radius 3 is 2.80 bits per heavy atom. The standard InChI is InChI=1S/C17H13FN2O4S/c1-10-5-6-13(24-10)8-14-16(22)20(17(23)25-14)9-15(21)19-12-4-2-3-11(18)7-12/h2-8H,9H2,1H3,(H,19,21)/b14-8+. The maximum atomic E-state index is 13.1. The number of nitrogens with one attached hydrogen (secondary N) is 1. The highest BCUT2D eigenvalue weighted by atomic mass is 32.2. The molecule has 6 nitrogen and oxygen atoms in total. The number of aryl methyl sites for hydroxylation is 1. The molecule has 0 bridgehead atoms. The first kappa shape index (κ1) is 17.0. The molecule has 0 unspecified atom stereocenters. The van der Waals surface area contributed by atoms with E-state index in [0.717, 1.165) is 22.7 Å². The highest BCUT2D eigenvalue weighted by Crippen LogP contribution is 2.32. The number of imide groups is 1. The van der Waals surface area contributed by atoms with Crippen LogP contribution >= 0.6 is 11.8 Å². The minimum Gasteiger partial charge on any atom is -0.462 e. The van der Waals surface area contributed by atoms with E-state index >= 15 is 0 Å². The van der Waals surface area contributed by atoms with Crippen molar-refractivity contribution in [3.63, 3.8) is 0 Å². The van der Waals surface area contributed by atoms with Crippen LogP contribution in [0.2, 0.25) is 0 Å². The van der Waals surface area contributed by atoms with Crippen LogP contribution in [0, 0.1) is 12.7 Å². The van der Waals surface area contributed by atoms with Crippen LogP contribution in [-0.2, 0) is 9.59 Å². The number of anilines is 1. The number of carbonyl (C=O) groups is 3. The van der Waals surface area contributed by atoms with Gasteiger partial charge < -0.3 is 9.73 Å². The summed E-state index contributed by atoms with van der Waals surface area (Å²) >= 11 is 0.735. The molecular weight excluding hydrogens is 347 g/mol. The summed E-state index contributed by atoms with van der Waals surface area (Å²) in [5.41, 5.74) is 0.249. The van der Waals surface area contributed by atoms with Crippen LogP contribution < -0.4 is 5.32 Å². The number of thioether (sulfide) groups is 1. The fourth-order valence-electron chi connectivity index (χ4n) is 2.21. The van der Waals surface area contributed by atoms with Gasteiger partial charge in [0.1, 0.15) is 23.9 Å². The zero-order valence-electron chi connectivity index (χ0n) is 13.1. The molecule has 1 aromatic heterocycles. The average Bonchev–Trinajstić information content (AvgIpc) is 3.06. The average molecular weight is 360 g/mol. The van der Waals surface area contributed by atoms with Crippen LogP contribution in [0.4, 0.5) is 14.9 Å². The van der Waals surface area contributed by atoms with E-state index in [4.69, 9.17) is 4.42 Å². The first-order valence-electron chi connectivity index (χ1n) is 7.29. The van der Waals surface area contributed by atoms with E-state index in [-0.39, 0.29) is 10.6 Å². The molecule has 0 saturated carbocycles. The van der Waals surface area contributed by atoms with Gasteiger partial charge in [0.25, 0.3) is 11.1 Å². The van der Waals surface area contributed by atoms with E-state index in [9.17, 15) is 18.8 Å². The second-order valence-corrected chi connectivity index (χ2v) is 6.27. The molecule has 3 amide bonds. The third-order valence-corrected chi connectivity index (χ3v) is 4.23. The van der Waals surface area contributed by atoms with E-state index in [1.807, 2.05) is 0 Å². The van der Waals surface area contributed by atoms with E-state index in [0.29, 0.717) is 11.5 Å². The van der Waals surface area contributed by atoms with Gasteiger partial charge in [-0.2, -0.15) is 0 Å². The number of amides is 3. The number of benzene rings is 1. The third-order valence-electron chi connectivity index (χ3n) is 3.32. The van der Waals surface area contributed by atoms with Gasteiger partial charge in [0.2, 0.25) is 5.91 Å². The Morgan fingerprint density at radius 1 is 1.32 bits per heavy atom. The Balaban J connectivity index is 1.68. The summed E-state index contributed by atoms with van der Waals surface area (Å²) in [6.45, 7) is 1.32. The van der Waals surface area contributed by atoms with Gasteiger partial charge in [-0.3, -0.25) is 19.3 Å². The van der Waals surface area contributed by atoms with Crippen LogP contribution in [-0.4, -0.2) is 28.5 Å². The summed E-state index contributed by atoms with van der Waals surface area (Å²) in [5.74, 6) is -0.533. The Hall–Kier alpha value is -2.87. The number of hydrogen-bond donors (Lipinski definition) is 1. The molecule has 1 fully saturated rings. The van der Waals surface area contributed by atoms with E-state index in [1.165, 1.54) is 24.3 Å². The van der Waals surface area contributed by atoms with Crippen molar-refractivity contribution in [3.8, 4) is 0 Å². The molecule has 1 saturated heterocycles. The lowest BCUT2D eigenvalue weighted by Crippen LogP contribution is -2.36. The predicted octanol–water partition coefficient (Wildman–Crippen LogP) is 3.40. The topological polar surface area (TPSA) is 79.6 Å². The second-order valence-electron chi connectivity index (χ2n) is 5.27. The zero-order chi connectivity index (χ0) is 18.0. The molecular formula is C17H13FN2O4S. The van der Waals surface area contributed by atoms with Crippen molar-refractivity contribution in [1.82, 2.24) is 4.90 Å². The largest absolute Gasteiger partial charge is 0.462 e. The Labute approximate surface area is 146 Å². The number of hydrogen-bond acceptors (Lipinski definition) is 5. The van der Waals surface area contributed by atoms with Crippen LogP contribution in [0.5, 0.6) is 0 Å². The molecule has 0 atom stereocenters. The van der Waals surface area contributed by atoms with Gasteiger partial charge >= 0.3 is 0 Å². The Bertz CT molecular complexity index is 890. The lowest BCUT2D eigenvalue weighted by Gasteiger charge is -2.12. The smallest absolute Gasteiger partial charge is 0.294 e. The molecule has 8 heteroatoms. The van der Waals surface area contributed by atoms with Gasteiger partial charge in [-0.15, -0.1) is 0 Å². The molecule has 1 aromatic carbocycles. The molecule has 128 valence electrons. The van der Waals surface area contributed by atoms with Crippen molar-refractivity contribution in [2.24, 2.45) is 0 Å². The second kappa shape index (κ2) is 6.94. The Morgan fingerprint density at radius 2 is 2.12 bits per heavy atom. The summed E-state index contributed by atoms with van der Waals surface area (Å²) in [5, 5.41) is 1.90. The number of halogens is 1. The van der Waals surface area contributed by atoms with E-state index in [2.05, 4.69) is 5.32 Å². The molecule has 0 spiro atoms. The summed E-state index contributed by atoms with van der Waals surface area (Å²) in [6.07, 6.45) is 1.46. The van der Waals surface area contributed by atoms with Crippen molar-refractivity contribution in [1.29, 1.82) is 0 Å². The normalized spacial score (nSPS) is 15.9. The number of carbonyl (C=O) groups excluding carboxylic acids is 3. The minimum atomic E-state index is -0.594. The fraction of sp³-hybridized carbons (Fsp3) is 0.118. The number of rotatable bonds is 4. The fourth-order valence-corrected chi connectivity index (χ4v) is 3.03. The molecule has 3 rings (SSSR count). The van der Waals surface area contributed by atoms with Crippen molar-refractivity contribution in [2.45, 2.75) is 6.92 Å². The van der Waals surface area contributed by atoms with Crippen molar-refractivity contribution in [3.05, 3.63) is 58.6 Å². The van der Waals surface area contributed by atoms with Gasteiger partial charge in [0.15, 0.2) is 0 Å². The molecule has 2 aromatic rings. The van der Waals surface area contributed by atoms with Gasteiger partial charge in [-0.05, 0) is 49.0 Å². The van der Waals surface area contributed by atoms with E-state index < -0.39 is 29.4 Å². The first-order valence-corrected chi connectivity index (χ1v) is 8.11. The van der Waals surface area contributed by atoms with Gasteiger partial charge in [-0.1, -0.05) is 6.07 Å². The summed E-state index contributed by atoms with van der Waals surface area (Å²) < 4.78 is 18.5. The molecule has 2 heterocycles. The van der Waals surface area contributed by atoms with Crippen LogP contribution in [0.3, 0.4) is 0 Å². The third kappa shape index (κ3) is 3.97. The monoisotopic (exact) mass is 360 g/mol. The Kier molecular flexibility index (Phi) is 4.71. The van der Waals surface area contributed by atoms with Crippen molar-refractivity contribution in [2.75, 3.05) is 11.9 Å². The summed E-state index contributed by atoms with van der Waals surface area (Å²) in [6, 6.07) is 8.76. The number of furan rings is 1. The summed E-state index contributed by atoms with van der Waals surface area (Å²) in [7, 11) is 0. The molecule has 25 heavy (non-hydrogen) atoms. The number of nitrogens with zero attached hydrogens (tertiary/aromatic N) is 1. The SMILES string of the molecule is Cc1ccc(/C=C2/SC(=O)N(CC(=O)Nc3cccc(F)c3)C2=O)o1. The summed E-state index contributed by atoms with van der Waals surface area (Å²) in [4.78, 5) is 37.3. The quantitative estimate of drug-likeness (QED) is 0.846. The molecule has 0 radical (unpaired) electrons. The maximum Gasteiger partial charge on any atom is 0.294 e. The van der Waals surface area contributed by atoms with Gasteiger partial charge in [0.05, 0.1) is 4.91 Å². The molecule has 1 N–H and O–H groups in total. The zero-order valence-corrected chi connectivity index (χ0v) is 13.9. The maximum absolute atomic E-state index is 13.1. The lowest BCUT2D eigenvalue weighted by molar-refractivity contribution is -0.127. The van der Waals surface area contributed by atoms with Gasteiger partial charge in [-0.25, -0.2) is 4.39 Å². The molecule has 0 aliphatic carbocycles. The highest BCUT2D eigenvalue weighted by Gasteiger charge is 2.36. The minimum absolute atomic E-state index is 0.179. The van der Waals surface area contributed by atoms with Gasteiger partial charge in [0, 0.05) is 11.8 Å². The molecule has 1 aliphatic rings. The lowest BCUT2D eigenvalue weighted by atomic mass is 10.3. The van der Waals surface area contributed by atoms with Crippen LogP contribution in [0.15, 0.2) is 45.7 Å². The van der Waals surface area contributed by atoms with E-state index in [1.54, 1.807) is 19.1 Å². The first-order chi connectivity index (χ1) is 11.9.